The van der Waals surface area contributed by atoms with Crippen LogP contribution in [0.15, 0.2) is 24.3 Å². The van der Waals surface area contributed by atoms with E-state index in [1.807, 2.05) is 0 Å². The molecule has 1 atom stereocenters. The van der Waals surface area contributed by atoms with Crippen LogP contribution < -0.4 is 4.74 Å². The van der Waals surface area contributed by atoms with E-state index in [9.17, 15) is 9.18 Å². The molecule has 2 nitrogen and oxygen atoms in total. The summed E-state index contributed by atoms with van der Waals surface area (Å²) >= 11 is 0. The number of hydrogen-bond donors (Lipinski definition) is 0. The Balaban J connectivity index is 2.09. The molecule has 1 aliphatic carbocycles. The van der Waals surface area contributed by atoms with Crippen molar-refractivity contribution in [2.24, 2.45) is 5.92 Å². The summed E-state index contributed by atoms with van der Waals surface area (Å²) in [7, 11) is 1.51. The molecule has 0 saturated heterocycles. The lowest BCUT2D eigenvalue weighted by Gasteiger charge is -2.21. The number of ketones is 1. The predicted octanol–water partition coefficient (Wildman–Crippen LogP) is 4.78. The maximum Gasteiger partial charge on any atom is 0.159 e. The zero-order chi connectivity index (χ0) is 15.2. The first-order chi connectivity index (χ1) is 10.2. The largest absolute Gasteiger partial charge is 0.497 e. The van der Waals surface area contributed by atoms with Gasteiger partial charge in [0.25, 0.3) is 0 Å². The molecule has 0 bridgehead atoms. The second-order valence-corrected chi connectivity index (χ2v) is 5.65. The minimum atomic E-state index is -0.321. The Hall–Kier alpha value is -1.64. The molecule has 3 heteroatoms. The van der Waals surface area contributed by atoms with Gasteiger partial charge in [0.15, 0.2) is 5.78 Å². The molecule has 0 aromatic heterocycles. The molecule has 0 N–H and O–H groups in total. The number of methoxy groups -OCH3 is 1. The molecule has 1 aromatic rings. The van der Waals surface area contributed by atoms with Gasteiger partial charge in [-0.05, 0) is 43.0 Å². The number of ether oxygens (including phenoxy) is 1. The molecule has 114 valence electrons. The smallest absolute Gasteiger partial charge is 0.159 e. The minimum Gasteiger partial charge on any atom is -0.497 e. The Morgan fingerprint density at radius 3 is 2.76 bits per heavy atom. The average Bonchev–Trinajstić information content (AvgIpc) is 2.49. The summed E-state index contributed by atoms with van der Waals surface area (Å²) in [4.78, 5) is 12.2. The molecule has 0 radical (unpaired) electrons. The van der Waals surface area contributed by atoms with Crippen LogP contribution in [0, 0.1) is 11.7 Å². The Kier molecular flexibility index (Phi) is 5.54. The monoisotopic (exact) mass is 290 g/mol. The summed E-state index contributed by atoms with van der Waals surface area (Å²) < 4.78 is 19.1. The van der Waals surface area contributed by atoms with Gasteiger partial charge in [0.05, 0.1) is 7.11 Å². The number of unbranched alkanes of at least 4 members (excludes halogenated alkanes) is 2. The van der Waals surface area contributed by atoms with Crippen molar-refractivity contribution < 1.29 is 13.9 Å². The number of allylic oxidation sites excluding steroid dienone is 2. The molecule has 1 unspecified atom stereocenters. The zero-order valence-corrected chi connectivity index (χ0v) is 12.8. The highest BCUT2D eigenvalue weighted by molar-refractivity contribution is 6.00. The van der Waals surface area contributed by atoms with Crippen molar-refractivity contribution in [1.29, 1.82) is 0 Å². The standard InChI is InChI=1S/C18H23FO2/c1-3-4-5-6-13-7-8-14(11-18(13)20)16-10-9-15(21-2)12-17(16)19/h9-13H,3-8H2,1-2H3. The van der Waals surface area contributed by atoms with Gasteiger partial charge in [-0.1, -0.05) is 26.2 Å². The van der Waals surface area contributed by atoms with Crippen molar-refractivity contribution in [3.05, 3.63) is 35.7 Å². The van der Waals surface area contributed by atoms with Gasteiger partial charge in [-0.25, -0.2) is 4.39 Å². The molecular weight excluding hydrogens is 267 g/mol. The molecule has 1 aromatic carbocycles. The Bertz CT molecular complexity index is 534. The highest BCUT2D eigenvalue weighted by Gasteiger charge is 2.23. The van der Waals surface area contributed by atoms with Crippen LogP contribution in [0.3, 0.4) is 0 Å². The number of halogens is 1. The van der Waals surface area contributed by atoms with Crippen LogP contribution in [-0.2, 0) is 4.79 Å². The van der Waals surface area contributed by atoms with Crippen LogP contribution in [0.2, 0.25) is 0 Å². The maximum atomic E-state index is 14.1. The van der Waals surface area contributed by atoms with Gasteiger partial charge in [-0.3, -0.25) is 4.79 Å². The van der Waals surface area contributed by atoms with Crippen LogP contribution in [-0.4, -0.2) is 12.9 Å². The summed E-state index contributed by atoms with van der Waals surface area (Å²) in [5.74, 6) is 0.457. The van der Waals surface area contributed by atoms with Crippen molar-refractivity contribution in [3.63, 3.8) is 0 Å². The minimum absolute atomic E-state index is 0.126. The van der Waals surface area contributed by atoms with Crippen molar-refractivity contribution >= 4 is 11.4 Å². The van der Waals surface area contributed by atoms with Crippen LogP contribution in [0.1, 0.15) is 51.0 Å². The van der Waals surface area contributed by atoms with Gasteiger partial charge in [0.1, 0.15) is 11.6 Å². The third-order valence-corrected chi connectivity index (χ3v) is 4.16. The lowest BCUT2D eigenvalue weighted by Crippen LogP contribution is -2.17. The number of rotatable bonds is 6. The normalized spacial score (nSPS) is 18.5. The predicted molar refractivity (Wildman–Crippen MR) is 82.8 cm³/mol. The van der Waals surface area contributed by atoms with Crippen molar-refractivity contribution in [1.82, 2.24) is 0 Å². The van der Waals surface area contributed by atoms with E-state index >= 15 is 0 Å². The number of hydrogen-bond acceptors (Lipinski definition) is 2. The summed E-state index contributed by atoms with van der Waals surface area (Å²) in [6.07, 6.45) is 7.65. The van der Waals surface area contributed by atoms with E-state index < -0.39 is 0 Å². The Morgan fingerprint density at radius 1 is 1.33 bits per heavy atom. The molecule has 0 amide bonds. The molecule has 1 aliphatic rings. The Labute approximate surface area is 126 Å². The van der Waals surface area contributed by atoms with Crippen molar-refractivity contribution in [2.45, 2.75) is 45.4 Å². The van der Waals surface area contributed by atoms with Gasteiger partial charge in [-0.2, -0.15) is 0 Å². The molecule has 0 spiro atoms. The zero-order valence-electron chi connectivity index (χ0n) is 12.8. The molecule has 0 aliphatic heterocycles. The van der Waals surface area contributed by atoms with Gasteiger partial charge in [0, 0.05) is 17.5 Å². The number of carbonyl (C=O) groups excluding carboxylic acids is 1. The van der Waals surface area contributed by atoms with Crippen LogP contribution in [0.5, 0.6) is 5.75 Å². The van der Waals surface area contributed by atoms with E-state index in [-0.39, 0.29) is 17.5 Å². The van der Waals surface area contributed by atoms with Crippen molar-refractivity contribution in [2.75, 3.05) is 7.11 Å². The first kappa shape index (κ1) is 15.7. The Morgan fingerprint density at radius 2 is 2.14 bits per heavy atom. The van der Waals surface area contributed by atoms with Crippen LogP contribution >= 0.6 is 0 Å². The third-order valence-electron chi connectivity index (χ3n) is 4.16. The van der Waals surface area contributed by atoms with Crippen LogP contribution in [0.4, 0.5) is 4.39 Å². The molecule has 0 saturated carbocycles. The topological polar surface area (TPSA) is 26.3 Å². The van der Waals surface area contributed by atoms with E-state index in [0.29, 0.717) is 11.3 Å². The summed E-state index contributed by atoms with van der Waals surface area (Å²) in [5, 5.41) is 0. The van der Waals surface area contributed by atoms with E-state index in [4.69, 9.17) is 4.74 Å². The van der Waals surface area contributed by atoms with Gasteiger partial charge in [-0.15, -0.1) is 0 Å². The average molecular weight is 290 g/mol. The first-order valence-corrected chi connectivity index (χ1v) is 7.74. The summed E-state index contributed by atoms with van der Waals surface area (Å²) in [6, 6.07) is 4.80. The van der Waals surface area contributed by atoms with Gasteiger partial charge in [0.2, 0.25) is 0 Å². The summed E-state index contributed by atoms with van der Waals surface area (Å²) in [6.45, 7) is 2.16. The quantitative estimate of drug-likeness (QED) is 0.705. The SMILES string of the molecule is CCCCCC1CCC(c2ccc(OC)cc2F)=CC1=O. The summed E-state index contributed by atoms with van der Waals surface area (Å²) in [5.41, 5.74) is 1.34. The fourth-order valence-corrected chi connectivity index (χ4v) is 2.86. The van der Waals surface area contributed by atoms with Gasteiger partial charge >= 0.3 is 0 Å². The van der Waals surface area contributed by atoms with E-state index in [0.717, 1.165) is 31.3 Å². The van der Waals surface area contributed by atoms with Crippen LogP contribution in [0.25, 0.3) is 5.57 Å². The highest BCUT2D eigenvalue weighted by atomic mass is 19.1. The maximum absolute atomic E-state index is 14.1. The molecule has 2 rings (SSSR count). The molecule has 0 heterocycles. The second-order valence-electron chi connectivity index (χ2n) is 5.65. The first-order valence-electron chi connectivity index (χ1n) is 7.74. The number of carbonyl (C=O) groups is 1. The van der Waals surface area contributed by atoms with Gasteiger partial charge < -0.3 is 4.74 Å². The van der Waals surface area contributed by atoms with Crippen molar-refractivity contribution in [3.8, 4) is 5.75 Å². The molecular formula is C18H23FO2. The third kappa shape index (κ3) is 3.93. The fraction of sp³-hybridized carbons (Fsp3) is 0.500. The van der Waals surface area contributed by atoms with E-state index in [1.165, 1.54) is 26.0 Å². The van der Waals surface area contributed by atoms with E-state index in [1.54, 1.807) is 18.2 Å². The fourth-order valence-electron chi connectivity index (χ4n) is 2.86. The molecule has 21 heavy (non-hydrogen) atoms. The second kappa shape index (κ2) is 7.39. The lowest BCUT2D eigenvalue weighted by atomic mass is 9.83. The van der Waals surface area contributed by atoms with E-state index in [2.05, 4.69) is 6.92 Å². The molecule has 0 fully saturated rings. The highest BCUT2D eigenvalue weighted by Crippen LogP contribution is 2.33. The lowest BCUT2D eigenvalue weighted by molar-refractivity contribution is -0.118. The number of benzene rings is 1.